The van der Waals surface area contributed by atoms with Gasteiger partial charge in [0.05, 0.1) is 6.20 Å². The summed E-state index contributed by atoms with van der Waals surface area (Å²) in [7, 11) is 1.80. The smallest absolute Gasteiger partial charge is 0.183 e. The van der Waals surface area contributed by atoms with E-state index in [4.69, 9.17) is 0 Å². The molecule has 0 spiro atoms. The predicted octanol–water partition coefficient (Wildman–Crippen LogP) is 0.303. The van der Waals surface area contributed by atoms with E-state index >= 15 is 0 Å². The molecular formula is C7H8N6. The summed E-state index contributed by atoms with van der Waals surface area (Å²) in [5, 5.41) is 13.0. The van der Waals surface area contributed by atoms with Crippen LogP contribution < -0.4 is 5.32 Å². The van der Waals surface area contributed by atoms with Gasteiger partial charge in [0.25, 0.3) is 0 Å². The van der Waals surface area contributed by atoms with Gasteiger partial charge in [-0.05, 0) is 6.07 Å². The maximum absolute atomic E-state index is 4.19. The van der Waals surface area contributed by atoms with E-state index in [0.717, 1.165) is 5.82 Å². The number of aromatic amines is 1. The summed E-state index contributed by atoms with van der Waals surface area (Å²) in [4.78, 5) is 8.25. The second kappa shape index (κ2) is 3.18. The lowest BCUT2D eigenvalue weighted by Crippen LogP contribution is -1.95. The third kappa shape index (κ3) is 1.46. The molecule has 0 saturated heterocycles. The van der Waals surface area contributed by atoms with Crippen LogP contribution in [0.2, 0.25) is 0 Å². The number of rotatable bonds is 2. The monoisotopic (exact) mass is 176 g/mol. The summed E-state index contributed by atoms with van der Waals surface area (Å²) in [6, 6.07) is 1.78. The molecular weight excluding hydrogens is 168 g/mol. The number of nitrogens with zero attached hydrogens (tertiary/aromatic N) is 4. The normalized spacial score (nSPS) is 9.92. The Hall–Kier alpha value is -1.98. The first-order valence-corrected chi connectivity index (χ1v) is 3.77. The molecule has 2 aromatic heterocycles. The van der Waals surface area contributed by atoms with Gasteiger partial charge in [0.15, 0.2) is 5.82 Å². The lowest BCUT2D eigenvalue weighted by molar-refractivity contribution is 0.938. The van der Waals surface area contributed by atoms with Crippen LogP contribution in [-0.2, 0) is 0 Å². The highest BCUT2D eigenvalue weighted by Crippen LogP contribution is 2.10. The summed E-state index contributed by atoms with van der Waals surface area (Å²) >= 11 is 0. The first-order chi connectivity index (χ1) is 6.40. The fraction of sp³-hybridized carbons (Fsp3) is 0.143. The fourth-order valence-corrected chi connectivity index (χ4v) is 0.931. The summed E-state index contributed by atoms with van der Waals surface area (Å²) < 4.78 is 0. The van der Waals surface area contributed by atoms with E-state index in [1.807, 2.05) is 0 Å². The van der Waals surface area contributed by atoms with E-state index in [1.165, 1.54) is 0 Å². The van der Waals surface area contributed by atoms with E-state index < -0.39 is 0 Å². The van der Waals surface area contributed by atoms with Crippen LogP contribution in [0.15, 0.2) is 18.5 Å². The standard InChI is InChI=1S/C7H8N6/c1-8-6-2-3-9-7(11-6)5-4-10-13-12-5/h2-4H,1H3,(H,8,9,11)(H,10,12,13). The molecule has 66 valence electrons. The molecule has 2 N–H and O–H groups in total. The van der Waals surface area contributed by atoms with E-state index in [-0.39, 0.29) is 0 Å². The largest absolute Gasteiger partial charge is 0.373 e. The van der Waals surface area contributed by atoms with Crippen LogP contribution >= 0.6 is 0 Å². The van der Waals surface area contributed by atoms with Gasteiger partial charge in [-0.1, -0.05) is 0 Å². The molecule has 0 unspecified atom stereocenters. The van der Waals surface area contributed by atoms with Crippen molar-refractivity contribution < 1.29 is 0 Å². The molecule has 13 heavy (non-hydrogen) atoms. The molecule has 0 fully saturated rings. The van der Waals surface area contributed by atoms with Crippen molar-refractivity contribution >= 4 is 5.82 Å². The van der Waals surface area contributed by atoms with Crippen molar-refractivity contribution in [1.29, 1.82) is 0 Å². The molecule has 0 saturated carbocycles. The molecule has 0 amide bonds. The Balaban J connectivity index is 2.41. The number of nitrogens with one attached hydrogen (secondary N) is 2. The summed E-state index contributed by atoms with van der Waals surface area (Å²) in [6.07, 6.45) is 3.25. The number of anilines is 1. The van der Waals surface area contributed by atoms with Gasteiger partial charge in [-0.2, -0.15) is 15.4 Å². The van der Waals surface area contributed by atoms with Crippen LogP contribution in [0, 0.1) is 0 Å². The topological polar surface area (TPSA) is 79.4 Å². The van der Waals surface area contributed by atoms with Crippen molar-refractivity contribution in [2.45, 2.75) is 0 Å². The molecule has 6 heteroatoms. The summed E-state index contributed by atoms with van der Waals surface area (Å²) in [5.74, 6) is 1.31. The van der Waals surface area contributed by atoms with Crippen molar-refractivity contribution in [3.63, 3.8) is 0 Å². The molecule has 0 bridgehead atoms. The van der Waals surface area contributed by atoms with E-state index in [1.54, 1.807) is 25.5 Å². The first kappa shape index (κ1) is 7.66. The Labute approximate surface area is 74.4 Å². The zero-order valence-corrected chi connectivity index (χ0v) is 7.02. The zero-order valence-electron chi connectivity index (χ0n) is 7.02. The second-order valence-corrected chi connectivity index (χ2v) is 2.37. The van der Waals surface area contributed by atoms with Crippen LogP contribution in [0.5, 0.6) is 0 Å². The first-order valence-electron chi connectivity index (χ1n) is 3.77. The van der Waals surface area contributed by atoms with Gasteiger partial charge in [-0.25, -0.2) is 9.97 Å². The van der Waals surface area contributed by atoms with Crippen molar-refractivity contribution in [3.8, 4) is 11.5 Å². The Bertz CT molecular complexity index is 382. The molecule has 0 aromatic carbocycles. The molecule has 0 atom stereocenters. The van der Waals surface area contributed by atoms with Gasteiger partial charge in [0, 0.05) is 13.2 Å². The maximum atomic E-state index is 4.19. The van der Waals surface area contributed by atoms with E-state index in [2.05, 4.69) is 30.7 Å². The number of hydrogen-bond acceptors (Lipinski definition) is 5. The minimum atomic E-state index is 0.556. The molecule has 2 aromatic rings. The predicted molar refractivity (Wildman–Crippen MR) is 47.0 cm³/mol. The number of aromatic nitrogens is 5. The van der Waals surface area contributed by atoms with Gasteiger partial charge in [0.1, 0.15) is 11.5 Å². The lowest BCUT2D eigenvalue weighted by atomic mass is 10.4. The fourth-order valence-electron chi connectivity index (χ4n) is 0.931. The van der Waals surface area contributed by atoms with E-state index in [9.17, 15) is 0 Å². The average molecular weight is 176 g/mol. The van der Waals surface area contributed by atoms with Crippen molar-refractivity contribution in [3.05, 3.63) is 18.5 Å². The van der Waals surface area contributed by atoms with Crippen molar-refractivity contribution in [2.75, 3.05) is 12.4 Å². The Morgan fingerprint density at radius 3 is 3.08 bits per heavy atom. The minimum absolute atomic E-state index is 0.556. The third-order valence-electron chi connectivity index (χ3n) is 1.56. The highest BCUT2D eigenvalue weighted by Gasteiger charge is 2.03. The third-order valence-corrected chi connectivity index (χ3v) is 1.56. The Morgan fingerprint density at radius 1 is 1.46 bits per heavy atom. The van der Waals surface area contributed by atoms with Gasteiger partial charge in [0.2, 0.25) is 0 Å². The highest BCUT2D eigenvalue weighted by molar-refractivity contribution is 5.49. The summed E-state index contributed by atoms with van der Waals surface area (Å²) in [6.45, 7) is 0. The van der Waals surface area contributed by atoms with Gasteiger partial charge >= 0.3 is 0 Å². The molecule has 0 aliphatic heterocycles. The number of hydrogen-bond donors (Lipinski definition) is 2. The maximum Gasteiger partial charge on any atom is 0.183 e. The molecule has 0 aliphatic rings. The molecule has 2 rings (SSSR count). The molecule has 0 aliphatic carbocycles. The average Bonchev–Trinajstić information content (AvgIpc) is 2.71. The van der Waals surface area contributed by atoms with Crippen LogP contribution in [0.25, 0.3) is 11.5 Å². The van der Waals surface area contributed by atoms with Crippen LogP contribution in [0.3, 0.4) is 0 Å². The zero-order chi connectivity index (χ0) is 9.10. The van der Waals surface area contributed by atoms with Gasteiger partial charge < -0.3 is 5.32 Å². The lowest BCUT2D eigenvalue weighted by Gasteiger charge is -1.98. The van der Waals surface area contributed by atoms with Crippen LogP contribution in [0.1, 0.15) is 0 Å². The van der Waals surface area contributed by atoms with Gasteiger partial charge in [-0.3, -0.25) is 0 Å². The number of H-pyrrole nitrogens is 1. The molecule has 6 nitrogen and oxygen atoms in total. The quantitative estimate of drug-likeness (QED) is 0.688. The van der Waals surface area contributed by atoms with Gasteiger partial charge in [-0.15, -0.1) is 0 Å². The highest BCUT2D eigenvalue weighted by atomic mass is 15.3. The second-order valence-electron chi connectivity index (χ2n) is 2.37. The van der Waals surface area contributed by atoms with Crippen molar-refractivity contribution in [1.82, 2.24) is 25.4 Å². The van der Waals surface area contributed by atoms with Crippen LogP contribution in [0.4, 0.5) is 5.82 Å². The molecule has 0 radical (unpaired) electrons. The summed E-state index contributed by atoms with van der Waals surface area (Å²) in [5.41, 5.74) is 0.636. The Kier molecular flexibility index (Phi) is 1.87. The SMILES string of the molecule is CNc1ccnc(-c2cn[nH]n2)n1. The van der Waals surface area contributed by atoms with Crippen molar-refractivity contribution in [2.24, 2.45) is 0 Å². The minimum Gasteiger partial charge on any atom is -0.373 e. The van der Waals surface area contributed by atoms with E-state index in [0.29, 0.717) is 11.5 Å². The molecule has 2 heterocycles. The van der Waals surface area contributed by atoms with Crippen LogP contribution in [-0.4, -0.2) is 32.4 Å². The Morgan fingerprint density at radius 2 is 2.38 bits per heavy atom.